The van der Waals surface area contributed by atoms with Gasteiger partial charge in [0.15, 0.2) is 18.1 Å². The van der Waals surface area contributed by atoms with Crippen LogP contribution in [0.25, 0.3) is 0 Å². The summed E-state index contributed by atoms with van der Waals surface area (Å²) >= 11 is 1.25. The summed E-state index contributed by atoms with van der Waals surface area (Å²) in [7, 11) is 4.02. The monoisotopic (exact) mass is 379 g/mol. The number of anilines is 1. The normalized spacial score (nSPS) is 9.96. The molecular formula is C17H17NO7S. The third-order valence-corrected chi connectivity index (χ3v) is 4.15. The molecule has 0 aliphatic carbocycles. The molecule has 9 heteroatoms. The minimum atomic E-state index is -0.821. The van der Waals surface area contributed by atoms with Crippen LogP contribution in [0, 0.1) is 0 Å². The highest BCUT2D eigenvalue weighted by molar-refractivity contribution is 7.12. The predicted octanol–water partition coefficient (Wildman–Crippen LogP) is 2.35. The molecule has 0 saturated heterocycles. The zero-order valence-corrected chi connectivity index (χ0v) is 15.2. The molecular weight excluding hydrogens is 362 g/mol. The van der Waals surface area contributed by atoms with Gasteiger partial charge in [-0.25, -0.2) is 9.59 Å². The van der Waals surface area contributed by atoms with Gasteiger partial charge in [-0.15, -0.1) is 11.3 Å². The summed E-state index contributed by atoms with van der Waals surface area (Å²) in [4.78, 5) is 36.3. The van der Waals surface area contributed by atoms with Crippen LogP contribution in [-0.2, 0) is 14.3 Å². The molecule has 0 unspecified atom stereocenters. The number of nitrogens with one attached hydrogen (secondary N) is 1. The summed E-state index contributed by atoms with van der Waals surface area (Å²) in [5, 5.41) is 4.40. The Morgan fingerprint density at radius 3 is 2.35 bits per heavy atom. The van der Waals surface area contributed by atoms with E-state index in [0.29, 0.717) is 10.6 Å². The first-order chi connectivity index (χ1) is 12.5. The molecule has 0 spiro atoms. The fourth-order valence-corrected chi connectivity index (χ4v) is 2.62. The van der Waals surface area contributed by atoms with E-state index >= 15 is 0 Å². The van der Waals surface area contributed by atoms with Crippen molar-refractivity contribution in [3.05, 3.63) is 40.1 Å². The summed E-state index contributed by atoms with van der Waals surface area (Å²) in [6.07, 6.45) is 0. The van der Waals surface area contributed by atoms with Crippen molar-refractivity contribution >= 4 is 34.9 Å². The second-order valence-electron chi connectivity index (χ2n) is 4.84. The number of carbonyl (C=O) groups is 3. The molecule has 1 N–H and O–H groups in total. The number of hydrogen-bond acceptors (Lipinski definition) is 8. The molecule has 8 nitrogen and oxygen atoms in total. The molecule has 1 amide bonds. The van der Waals surface area contributed by atoms with E-state index in [9.17, 15) is 14.4 Å². The van der Waals surface area contributed by atoms with Gasteiger partial charge in [-0.2, -0.15) is 0 Å². The Morgan fingerprint density at radius 1 is 1.08 bits per heavy atom. The SMILES string of the molecule is COC(=O)COC(=O)c1cc(OC)c(OC)cc1NC(=O)c1cccs1. The number of carbonyl (C=O) groups excluding carboxylic acids is 3. The Balaban J connectivity index is 2.35. The van der Waals surface area contributed by atoms with Crippen molar-refractivity contribution in [2.24, 2.45) is 0 Å². The standard InChI is InChI=1S/C17H17NO7S/c1-22-12-7-10(17(21)25-9-15(19)24-3)11(8-13(12)23-2)18-16(20)14-5-4-6-26-14/h4-8H,9H2,1-3H3,(H,18,20). The quantitative estimate of drug-likeness (QED) is 0.737. The molecule has 1 aromatic carbocycles. The van der Waals surface area contributed by atoms with Gasteiger partial charge >= 0.3 is 11.9 Å². The maximum absolute atomic E-state index is 12.3. The highest BCUT2D eigenvalue weighted by Crippen LogP contribution is 2.34. The average Bonchev–Trinajstić information content (AvgIpc) is 3.20. The topological polar surface area (TPSA) is 100 Å². The molecule has 2 aromatic rings. The number of thiophene rings is 1. The van der Waals surface area contributed by atoms with Gasteiger partial charge in [0.2, 0.25) is 0 Å². The van der Waals surface area contributed by atoms with Crippen LogP contribution in [0.2, 0.25) is 0 Å². The molecule has 26 heavy (non-hydrogen) atoms. The van der Waals surface area contributed by atoms with Gasteiger partial charge in [0.25, 0.3) is 5.91 Å². The van der Waals surface area contributed by atoms with Gasteiger partial charge in [-0.05, 0) is 11.4 Å². The van der Waals surface area contributed by atoms with E-state index in [4.69, 9.17) is 14.2 Å². The first kappa shape index (κ1) is 19.3. The van der Waals surface area contributed by atoms with Crippen LogP contribution >= 0.6 is 11.3 Å². The lowest BCUT2D eigenvalue weighted by atomic mass is 10.1. The minimum absolute atomic E-state index is 0.0106. The molecule has 2 rings (SSSR count). The Labute approximate surface area is 153 Å². The van der Waals surface area contributed by atoms with Crippen LogP contribution in [0.3, 0.4) is 0 Å². The predicted molar refractivity (Wildman–Crippen MR) is 94.1 cm³/mol. The minimum Gasteiger partial charge on any atom is -0.493 e. The van der Waals surface area contributed by atoms with Crippen molar-refractivity contribution in [2.45, 2.75) is 0 Å². The van der Waals surface area contributed by atoms with Crippen LogP contribution < -0.4 is 14.8 Å². The van der Waals surface area contributed by atoms with E-state index in [-0.39, 0.29) is 17.0 Å². The van der Waals surface area contributed by atoms with E-state index in [2.05, 4.69) is 10.1 Å². The third kappa shape index (κ3) is 4.51. The number of ether oxygens (including phenoxy) is 4. The zero-order valence-electron chi connectivity index (χ0n) is 14.4. The van der Waals surface area contributed by atoms with Crippen LogP contribution in [0.5, 0.6) is 11.5 Å². The fourth-order valence-electron chi connectivity index (χ4n) is 2.00. The Kier molecular flexibility index (Phi) is 6.56. The van der Waals surface area contributed by atoms with E-state index in [0.717, 1.165) is 0 Å². The molecule has 0 aliphatic rings. The first-order valence-electron chi connectivity index (χ1n) is 7.35. The largest absolute Gasteiger partial charge is 0.493 e. The Bertz CT molecular complexity index is 802. The summed E-state index contributed by atoms with van der Waals surface area (Å²) in [5.41, 5.74) is 0.173. The molecule has 1 heterocycles. The van der Waals surface area contributed by atoms with Crippen molar-refractivity contribution in [3.8, 4) is 11.5 Å². The van der Waals surface area contributed by atoms with Gasteiger partial charge < -0.3 is 24.3 Å². The lowest BCUT2D eigenvalue weighted by Crippen LogP contribution is -2.18. The summed E-state index contributed by atoms with van der Waals surface area (Å²) in [5.74, 6) is -1.33. The van der Waals surface area contributed by atoms with Crippen molar-refractivity contribution in [3.63, 3.8) is 0 Å². The maximum atomic E-state index is 12.3. The molecule has 0 atom stereocenters. The van der Waals surface area contributed by atoms with Crippen LogP contribution in [0.4, 0.5) is 5.69 Å². The van der Waals surface area contributed by atoms with Gasteiger partial charge in [-0.1, -0.05) is 6.07 Å². The smallest absolute Gasteiger partial charge is 0.344 e. The Hall–Kier alpha value is -3.07. The van der Waals surface area contributed by atoms with Crippen LogP contribution in [0.1, 0.15) is 20.0 Å². The zero-order chi connectivity index (χ0) is 19.1. The lowest BCUT2D eigenvalue weighted by Gasteiger charge is -2.15. The molecule has 1 aromatic heterocycles. The molecule has 0 aliphatic heterocycles. The number of esters is 2. The number of rotatable bonds is 7. The van der Waals surface area contributed by atoms with Crippen molar-refractivity contribution in [2.75, 3.05) is 33.3 Å². The summed E-state index contributed by atoms with van der Waals surface area (Å²) < 4.78 is 19.7. The highest BCUT2D eigenvalue weighted by Gasteiger charge is 2.21. The lowest BCUT2D eigenvalue weighted by molar-refractivity contribution is -0.144. The molecule has 0 bridgehead atoms. The van der Waals surface area contributed by atoms with E-state index in [1.807, 2.05) is 0 Å². The van der Waals surface area contributed by atoms with E-state index < -0.39 is 24.5 Å². The fraction of sp³-hybridized carbons (Fsp3) is 0.235. The van der Waals surface area contributed by atoms with E-state index in [1.165, 1.54) is 44.8 Å². The van der Waals surface area contributed by atoms with Crippen molar-refractivity contribution < 1.29 is 33.3 Å². The second-order valence-corrected chi connectivity index (χ2v) is 5.78. The van der Waals surface area contributed by atoms with E-state index in [1.54, 1.807) is 17.5 Å². The first-order valence-corrected chi connectivity index (χ1v) is 8.23. The highest BCUT2D eigenvalue weighted by atomic mass is 32.1. The molecule has 138 valence electrons. The molecule has 0 saturated carbocycles. The number of benzene rings is 1. The van der Waals surface area contributed by atoms with Gasteiger partial charge in [-0.3, -0.25) is 4.79 Å². The summed E-state index contributed by atoms with van der Waals surface area (Å²) in [6.45, 7) is -0.554. The average molecular weight is 379 g/mol. The van der Waals surface area contributed by atoms with Gasteiger partial charge in [0.1, 0.15) is 0 Å². The molecule has 0 fully saturated rings. The number of hydrogen-bond donors (Lipinski definition) is 1. The van der Waals surface area contributed by atoms with Crippen molar-refractivity contribution in [1.29, 1.82) is 0 Å². The maximum Gasteiger partial charge on any atom is 0.344 e. The summed E-state index contributed by atoms with van der Waals surface area (Å²) in [6, 6.07) is 6.19. The number of methoxy groups -OCH3 is 3. The number of amides is 1. The molecule has 0 radical (unpaired) electrons. The third-order valence-electron chi connectivity index (χ3n) is 3.29. The Morgan fingerprint density at radius 2 is 1.77 bits per heavy atom. The second kappa shape index (κ2) is 8.86. The van der Waals surface area contributed by atoms with Crippen molar-refractivity contribution in [1.82, 2.24) is 0 Å². The van der Waals surface area contributed by atoms with Gasteiger partial charge in [0, 0.05) is 12.1 Å². The van der Waals surface area contributed by atoms with Crippen LogP contribution in [0.15, 0.2) is 29.6 Å². The van der Waals surface area contributed by atoms with Gasteiger partial charge in [0.05, 0.1) is 37.5 Å². The van der Waals surface area contributed by atoms with Crippen LogP contribution in [-0.4, -0.2) is 45.8 Å².